The smallest absolute Gasteiger partial charge is 0.328 e. The van der Waals surface area contributed by atoms with Crippen LogP contribution in [0.1, 0.15) is 16.7 Å². The van der Waals surface area contributed by atoms with Crippen LogP contribution in [0, 0.1) is 6.92 Å². The van der Waals surface area contributed by atoms with E-state index in [0.29, 0.717) is 51.0 Å². The predicted molar refractivity (Wildman–Crippen MR) is 123 cm³/mol. The second-order valence-electron chi connectivity index (χ2n) is 6.60. The molecule has 0 bridgehead atoms. The van der Waals surface area contributed by atoms with Gasteiger partial charge in [0.25, 0.3) is 0 Å². The van der Waals surface area contributed by atoms with Crippen molar-refractivity contribution in [1.82, 2.24) is 4.98 Å². The topological polar surface area (TPSA) is 68.7 Å². The normalized spacial score (nSPS) is 11.0. The summed E-state index contributed by atoms with van der Waals surface area (Å²) >= 11 is 18.2. The highest BCUT2D eigenvalue weighted by Crippen LogP contribution is 2.34. The van der Waals surface area contributed by atoms with Gasteiger partial charge in [0.2, 0.25) is 5.88 Å². The zero-order chi connectivity index (χ0) is 22.4. The van der Waals surface area contributed by atoms with Crippen LogP contribution in [0.5, 0.6) is 17.4 Å². The van der Waals surface area contributed by atoms with Crippen LogP contribution in [-0.2, 0) is 11.2 Å². The molecule has 1 aromatic heterocycles. The van der Waals surface area contributed by atoms with Gasteiger partial charge >= 0.3 is 5.97 Å². The van der Waals surface area contributed by atoms with E-state index in [0.717, 1.165) is 17.2 Å². The van der Waals surface area contributed by atoms with E-state index < -0.39 is 5.97 Å². The lowest BCUT2D eigenvalue weighted by atomic mass is 10.1. The molecule has 0 saturated carbocycles. The summed E-state index contributed by atoms with van der Waals surface area (Å²) in [6.07, 6.45) is 4.75. The third kappa shape index (κ3) is 6.62. The van der Waals surface area contributed by atoms with Gasteiger partial charge in [0.05, 0.1) is 27.9 Å². The van der Waals surface area contributed by atoms with Gasteiger partial charge < -0.3 is 14.6 Å². The number of aryl methyl sites for hydroxylation is 1. The SMILES string of the molecule is Cc1cc(/C=C/C(=O)O)cc(Cl)c1Oc1ccc(OCCc2ccc(Cl)c(Cl)c2)cn1. The number of carbonyl (C=O) groups is 1. The lowest BCUT2D eigenvalue weighted by molar-refractivity contribution is -0.131. The van der Waals surface area contributed by atoms with E-state index in [1.165, 1.54) is 6.08 Å². The van der Waals surface area contributed by atoms with Crippen molar-refractivity contribution in [2.24, 2.45) is 0 Å². The highest BCUT2D eigenvalue weighted by molar-refractivity contribution is 6.42. The van der Waals surface area contributed by atoms with Crippen molar-refractivity contribution < 1.29 is 19.4 Å². The molecule has 5 nitrogen and oxygen atoms in total. The largest absolute Gasteiger partial charge is 0.492 e. The lowest BCUT2D eigenvalue weighted by Gasteiger charge is -2.12. The zero-order valence-corrected chi connectivity index (χ0v) is 18.7. The summed E-state index contributed by atoms with van der Waals surface area (Å²) in [7, 11) is 0. The predicted octanol–water partition coefficient (Wildman–Crippen LogP) is 6.86. The van der Waals surface area contributed by atoms with Crippen LogP contribution in [-0.4, -0.2) is 22.7 Å². The van der Waals surface area contributed by atoms with Crippen molar-refractivity contribution in [1.29, 1.82) is 0 Å². The minimum atomic E-state index is -1.03. The highest BCUT2D eigenvalue weighted by atomic mass is 35.5. The molecule has 1 heterocycles. The number of ether oxygens (including phenoxy) is 2. The quantitative estimate of drug-likeness (QED) is 0.358. The first-order chi connectivity index (χ1) is 14.8. The van der Waals surface area contributed by atoms with Crippen LogP contribution >= 0.6 is 34.8 Å². The minimum absolute atomic E-state index is 0.355. The molecule has 2 aromatic carbocycles. The van der Waals surface area contributed by atoms with Gasteiger partial charge in [-0.15, -0.1) is 0 Å². The fourth-order valence-corrected chi connectivity index (χ4v) is 3.38. The van der Waals surface area contributed by atoms with Gasteiger partial charge in [-0.1, -0.05) is 40.9 Å². The van der Waals surface area contributed by atoms with Crippen molar-refractivity contribution in [2.75, 3.05) is 6.61 Å². The van der Waals surface area contributed by atoms with Gasteiger partial charge in [-0.25, -0.2) is 9.78 Å². The molecule has 0 saturated heterocycles. The Morgan fingerprint density at radius 3 is 2.52 bits per heavy atom. The maximum Gasteiger partial charge on any atom is 0.328 e. The molecule has 0 aliphatic carbocycles. The summed E-state index contributed by atoms with van der Waals surface area (Å²) in [5, 5.41) is 10.1. The van der Waals surface area contributed by atoms with Gasteiger partial charge in [-0.05, 0) is 60.0 Å². The molecule has 0 spiro atoms. The Morgan fingerprint density at radius 1 is 1.06 bits per heavy atom. The highest BCUT2D eigenvalue weighted by Gasteiger charge is 2.10. The van der Waals surface area contributed by atoms with E-state index in [2.05, 4.69) is 4.98 Å². The number of hydrogen-bond acceptors (Lipinski definition) is 4. The molecule has 0 fully saturated rings. The second-order valence-corrected chi connectivity index (χ2v) is 7.82. The molecule has 31 heavy (non-hydrogen) atoms. The number of pyridine rings is 1. The first kappa shape index (κ1) is 22.9. The number of benzene rings is 2. The van der Waals surface area contributed by atoms with E-state index in [-0.39, 0.29) is 0 Å². The molecule has 1 N–H and O–H groups in total. The fourth-order valence-electron chi connectivity index (χ4n) is 2.75. The van der Waals surface area contributed by atoms with Crippen molar-refractivity contribution in [3.63, 3.8) is 0 Å². The lowest BCUT2D eigenvalue weighted by Crippen LogP contribution is -2.02. The summed E-state index contributed by atoms with van der Waals surface area (Å²) in [6.45, 7) is 2.27. The van der Waals surface area contributed by atoms with Crippen molar-refractivity contribution in [3.05, 3.63) is 86.5 Å². The molecular weight excluding hydrogens is 461 g/mol. The average molecular weight is 479 g/mol. The monoisotopic (exact) mass is 477 g/mol. The van der Waals surface area contributed by atoms with Crippen molar-refractivity contribution >= 4 is 46.8 Å². The van der Waals surface area contributed by atoms with Crippen molar-refractivity contribution in [3.8, 4) is 17.4 Å². The Hall–Kier alpha value is -2.73. The summed E-state index contributed by atoms with van der Waals surface area (Å²) < 4.78 is 11.5. The zero-order valence-electron chi connectivity index (χ0n) is 16.4. The number of nitrogens with zero attached hydrogens (tertiary/aromatic N) is 1. The van der Waals surface area contributed by atoms with Gasteiger partial charge in [0, 0.05) is 18.6 Å². The number of rotatable bonds is 8. The number of aliphatic carboxylic acids is 1. The van der Waals surface area contributed by atoms with Crippen LogP contribution in [0.15, 0.2) is 54.7 Å². The average Bonchev–Trinajstić information content (AvgIpc) is 2.73. The van der Waals surface area contributed by atoms with E-state index in [1.807, 2.05) is 19.1 Å². The number of aromatic nitrogens is 1. The summed E-state index contributed by atoms with van der Waals surface area (Å²) in [4.78, 5) is 14.9. The van der Waals surface area contributed by atoms with Gasteiger partial charge in [0.1, 0.15) is 5.75 Å². The maximum atomic E-state index is 10.7. The Labute approximate surface area is 194 Å². The maximum absolute atomic E-state index is 10.7. The Balaban J connectivity index is 1.60. The first-order valence-electron chi connectivity index (χ1n) is 9.23. The van der Waals surface area contributed by atoms with E-state index >= 15 is 0 Å². The first-order valence-corrected chi connectivity index (χ1v) is 10.4. The molecule has 3 aromatic rings. The van der Waals surface area contributed by atoms with Crippen LogP contribution in [0.2, 0.25) is 15.1 Å². The van der Waals surface area contributed by atoms with Crippen LogP contribution < -0.4 is 9.47 Å². The summed E-state index contributed by atoms with van der Waals surface area (Å²) in [6, 6.07) is 12.3. The molecular formula is C23H18Cl3NO4. The molecule has 0 amide bonds. The molecule has 0 aliphatic heterocycles. The standard InChI is InChI=1S/C23H18Cl3NO4/c1-14-10-16(3-7-22(28)29)12-20(26)23(14)31-21-6-4-17(13-27-21)30-9-8-15-2-5-18(24)19(25)11-15/h2-7,10-13H,8-9H2,1H3,(H,28,29)/b7-3+. The Morgan fingerprint density at radius 2 is 1.87 bits per heavy atom. The van der Waals surface area contributed by atoms with E-state index in [1.54, 1.807) is 36.5 Å². The number of carboxylic acid groups (broad SMARTS) is 1. The van der Waals surface area contributed by atoms with E-state index in [9.17, 15) is 4.79 Å². The fraction of sp³-hybridized carbons (Fsp3) is 0.130. The number of halogens is 3. The minimum Gasteiger partial charge on any atom is -0.492 e. The van der Waals surface area contributed by atoms with E-state index in [4.69, 9.17) is 49.4 Å². The second kappa shape index (κ2) is 10.5. The Bertz CT molecular complexity index is 1090. The van der Waals surface area contributed by atoms with Crippen LogP contribution in [0.4, 0.5) is 0 Å². The summed E-state index contributed by atoms with van der Waals surface area (Å²) in [5.74, 6) is 0.382. The van der Waals surface area contributed by atoms with Gasteiger partial charge in [-0.2, -0.15) is 0 Å². The molecule has 8 heteroatoms. The molecule has 160 valence electrons. The molecule has 0 radical (unpaired) electrons. The molecule has 3 rings (SSSR count). The summed E-state index contributed by atoms with van der Waals surface area (Å²) in [5.41, 5.74) is 2.44. The third-order valence-electron chi connectivity index (χ3n) is 4.23. The Kier molecular flexibility index (Phi) is 7.80. The van der Waals surface area contributed by atoms with Crippen molar-refractivity contribution in [2.45, 2.75) is 13.3 Å². The molecule has 0 unspecified atom stereocenters. The number of hydrogen-bond donors (Lipinski definition) is 1. The third-order valence-corrected chi connectivity index (χ3v) is 5.25. The molecule has 0 aliphatic rings. The van der Waals surface area contributed by atoms with Gasteiger partial charge in [0.15, 0.2) is 5.75 Å². The molecule has 0 atom stereocenters. The van der Waals surface area contributed by atoms with Crippen LogP contribution in [0.25, 0.3) is 6.08 Å². The number of carboxylic acids is 1. The van der Waals surface area contributed by atoms with Gasteiger partial charge in [-0.3, -0.25) is 0 Å². The van der Waals surface area contributed by atoms with Crippen LogP contribution in [0.3, 0.4) is 0 Å².